The summed E-state index contributed by atoms with van der Waals surface area (Å²) in [6, 6.07) is 0. The Morgan fingerprint density at radius 1 is 0.917 bits per heavy atom. The van der Waals surface area contributed by atoms with Crippen LogP contribution in [0.15, 0.2) is 0 Å². The molecule has 0 radical (unpaired) electrons. The zero-order valence-electron chi connectivity index (χ0n) is 9.45. The van der Waals surface area contributed by atoms with Crippen molar-refractivity contribution in [1.29, 1.82) is 0 Å². The van der Waals surface area contributed by atoms with Crippen LogP contribution in [0.5, 0.6) is 0 Å². The van der Waals surface area contributed by atoms with Crippen molar-refractivity contribution in [3.63, 3.8) is 0 Å². The summed E-state index contributed by atoms with van der Waals surface area (Å²) in [6.07, 6.45) is 0. The van der Waals surface area contributed by atoms with Crippen molar-refractivity contribution < 1.29 is 0 Å². The molecule has 0 aliphatic rings. The highest BCUT2D eigenvalue weighted by atomic mass is 31.1. The lowest BCUT2D eigenvalue weighted by atomic mass is 9.99. The Hall–Kier alpha value is -0.0100. The number of rotatable bonds is 0. The van der Waals surface area contributed by atoms with E-state index in [1.165, 1.54) is 0 Å². The molecule has 0 amide bonds. The second-order valence-corrected chi connectivity index (χ2v) is 7.90. The largest absolute Gasteiger partial charge is 0.0927 e. The fourth-order valence-electron chi connectivity index (χ4n) is 0.419. The van der Waals surface area contributed by atoms with Gasteiger partial charge in [0, 0.05) is 5.41 Å². The van der Waals surface area contributed by atoms with Gasteiger partial charge in [0.1, 0.15) is 0 Å². The lowest BCUT2D eigenvalue weighted by Gasteiger charge is -2.23. The van der Waals surface area contributed by atoms with Gasteiger partial charge in [0.15, 0.2) is 0 Å². The van der Waals surface area contributed by atoms with E-state index in [-0.39, 0.29) is 13.3 Å². The van der Waals surface area contributed by atoms with Gasteiger partial charge < -0.3 is 0 Å². The van der Waals surface area contributed by atoms with Gasteiger partial charge in [0.25, 0.3) is 0 Å². The van der Waals surface area contributed by atoms with E-state index in [0.717, 1.165) is 0 Å². The highest BCUT2D eigenvalue weighted by molar-refractivity contribution is 7.63. The molecule has 0 aromatic carbocycles. The smallest absolute Gasteiger partial charge is 0.0233 e. The van der Waals surface area contributed by atoms with Crippen molar-refractivity contribution in [2.45, 2.75) is 46.7 Å². The SMILES string of the molecule is C[P@@](C#CC(C)(C)C)C(C)(C)C. The second kappa shape index (κ2) is 3.80. The fourth-order valence-corrected chi connectivity index (χ4v) is 1.26. The van der Waals surface area contributed by atoms with E-state index in [2.05, 4.69) is 59.8 Å². The van der Waals surface area contributed by atoms with E-state index < -0.39 is 0 Å². The molecule has 0 saturated carbocycles. The fraction of sp³-hybridized carbons (Fsp3) is 0.818. The van der Waals surface area contributed by atoms with Crippen LogP contribution in [-0.4, -0.2) is 11.8 Å². The Bertz CT molecular complexity index is 192. The van der Waals surface area contributed by atoms with Gasteiger partial charge in [-0.25, -0.2) is 0 Å². The summed E-state index contributed by atoms with van der Waals surface area (Å²) < 4.78 is 0. The zero-order chi connectivity index (χ0) is 9.99. The van der Waals surface area contributed by atoms with Gasteiger partial charge in [-0.15, -0.1) is 0 Å². The van der Waals surface area contributed by atoms with Crippen molar-refractivity contribution in [3.8, 4) is 11.6 Å². The molecule has 0 unspecified atom stereocenters. The van der Waals surface area contributed by atoms with Gasteiger partial charge in [0.05, 0.1) is 0 Å². The normalized spacial score (nSPS) is 14.9. The summed E-state index contributed by atoms with van der Waals surface area (Å²) in [5.74, 6) is 3.31. The summed E-state index contributed by atoms with van der Waals surface area (Å²) in [7, 11) is -0.147. The van der Waals surface area contributed by atoms with Crippen LogP contribution in [0.4, 0.5) is 0 Å². The molecule has 0 nitrogen and oxygen atoms in total. The molecular formula is C11H21P. The van der Waals surface area contributed by atoms with E-state index in [0.29, 0.717) is 5.16 Å². The predicted octanol–water partition coefficient (Wildman–Crippen LogP) is 3.90. The Kier molecular flexibility index (Phi) is 3.80. The first-order valence-corrected chi connectivity index (χ1v) is 6.18. The lowest BCUT2D eigenvalue weighted by molar-refractivity contribution is 0.571. The van der Waals surface area contributed by atoms with Crippen molar-refractivity contribution in [2.24, 2.45) is 5.41 Å². The van der Waals surface area contributed by atoms with Crippen LogP contribution >= 0.6 is 7.92 Å². The molecule has 1 atom stereocenters. The van der Waals surface area contributed by atoms with Crippen LogP contribution in [0.1, 0.15) is 41.5 Å². The van der Waals surface area contributed by atoms with Crippen LogP contribution in [0.3, 0.4) is 0 Å². The van der Waals surface area contributed by atoms with Crippen molar-refractivity contribution in [1.82, 2.24) is 0 Å². The predicted molar refractivity (Wildman–Crippen MR) is 59.8 cm³/mol. The molecule has 0 saturated heterocycles. The second-order valence-electron chi connectivity index (χ2n) is 5.22. The number of hydrogen-bond acceptors (Lipinski definition) is 0. The minimum atomic E-state index is -0.147. The summed E-state index contributed by atoms with van der Waals surface area (Å²) in [6.45, 7) is 15.5. The van der Waals surface area contributed by atoms with Crippen LogP contribution < -0.4 is 0 Å². The molecule has 0 aromatic rings. The molecule has 0 aliphatic carbocycles. The van der Waals surface area contributed by atoms with Crippen LogP contribution in [-0.2, 0) is 0 Å². The molecule has 0 N–H and O–H groups in total. The van der Waals surface area contributed by atoms with E-state index in [9.17, 15) is 0 Å². The Labute approximate surface area is 78.9 Å². The van der Waals surface area contributed by atoms with Gasteiger partial charge in [-0.05, 0) is 40.5 Å². The molecule has 1 heteroatoms. The first-order valence-electron chi connectivity index (χ1n) is 4.39. The van der Waals surface area contributed by atoms with Gasteiger partial charge in [-0.2, -0.15) is 0 Å². The standard InChI is InChI=1S/C11H21P/c1-10(2,3)8-9-12(7)11(4,5)6/h1-7H3/t12-/m0/s1. The van der Waals surface area contributed by atoms with Crippen molar-refractivity contribution in [3.05, 3.63) is 0 Å². The first kappa shape index (κ1) is 12.0. The van der Waals surface area contributed by atoms with Gasteiger partial charge in [0.2, 0.25) is 0 Å². The maximum atomic E-state index is 3.38. The highest BCUT2D eigenvalue weighted by Gasteiger charge is 2.17. The third-order valence-corrected chi connectivity index (χ3v) is 4.06. The Morgan fingerprint density at radius 3 is 1.58 bits per heavy atom. The average molecular weight is 184 g/mol. The van der Waals surface area contributed by atoms with E-state index in [4.69, 9.17) is 0 Å². The molecular weight excluding hydrogens is 163 g/mol. The number of hydrogen-bond donors (Lipinski definition) is 0. The zero-order valence-corrected chi connectivity index (χ0v) is 10.3. The van der Waals surface area contributed by atoms with Gasteiger partial charge in [-0.3, -0.25) is 0 Å². The van der Waals surface area contributed by atoms with Crippen LogP contribution in [0.2, 0.25) is 0 Å². The topological polar surface area (TPSA) is 0 Å². The summed E-state index contributed by atoms with van der Waals surface area (Å²) in [5, 5.41) is 0.369. The Morgan fingerprint density at radius 2 is 1.33 bits per heavy atom. The maximum absolute atomic E-state index is 3.38. The summed E-state index contributed by atoms with van der Waals surface area (Å²) in [5.41, 5.74) is 3.53. The monoisotopic (exact) mass is 184 g/mol. The van der Waals surface area contributed by atoms with E-state index in [1.54, 1.807) is 0 Å². The maximum Gasteiger partial charge on any atom is 0.0233 e. The molecule has 70 valence electrons. The summed E-state index contributed by atoms with van der Waals surface area (Å²) in [4.78, 5) is 0. The molecule has 0 rings (SSSR count). The highest BCUT2D eigenvalue weighted by Crippen LogP contribution is 2.44. The van der Waals surface area contributed by atoms with Gasteiger partial charge in [-0.1, -0.05) is 32.4 Å². The third kappa shape index (κ3) is 5.62. The van der Waals surface area contributed by atoms with Crippen molar-refractivity contribution >= 4 is 7.92 Å². The molecule has 0 heterocycles. The minimum absolute atomic E-state index is 0.147. The molecule has 0 fully saturated rings. The van der Waals surface area contributed by atoms with E-state index in [1.807, 2.05) is 0 Å². The molecule has 0 aromatic heterocycles. The molecule has 12 heavy (non-hydrogen) atoms. The van der Waals surface area contributed by atoms with Crippen LogP contribution in [0.25, 0.3) is 0 Å². The third-order valence-electron chi connectivity index (χ3n) is 1.60. The average Bonchev–Trinajstić information content (AvgIpc) is 1.78. The van der Waals surface area contributed by atoms with E-state index >= 15 is 0 Å². The van der Waals surface area contributed by atoms with Crippen LogP contribution in [0, 0.1) is 17.0 Å². The first-order chi connectivity index (χ1) is 5.13. The van der Waals surface area contributed by atoms with Gasteiger partial charge >= 0.3 is 0 Å². The molecule has 0 aliphatic heterocycles. The quantitative estimate of drug-likeness (QED) is 0.395. The molecule has 0 spiro atoms. The Balaban J connectivity index is 4.34. The summed E-state index contributed by atoms with van der Waals surface area (Å²) >= 11 is 0. The minimum Gasteiger partial charge on any atom is -0.0927 e. The lowest BCUT2D eigenvalue weighted by Crippen LogP contribution is -2.09. The van der Waals surface area contributed by atoms with Crippen molar-refractivity contribution in [2.75, 3.05) is 6.66 Å². The molecule has 0 bridgehead atoms.